The van der Waals surface area contributed by atoms with Crippen molar-refractivity contribution >= 4 is 18.7 Å². The summed E-state index contributed by atoms with van der Waals surface area (Å²) in [5, 5.41) is 13.9. The number of hydrogen-bond donors (Lipinski definition) is 1. The Bertz CT molecular complexity index is 1320. The number of ether oxygens (including phenoxy) is 1. The molecule has 1 fully saturated rings. The highest BCUT2D eigenvalue weighted by atomic mass is 28.4. The van der Waals surface area contributed by atoms with Crippen LogP contribution in [0.5, 0.6) is 11.5 Å². The Kier molecular flexibility index (Phi) is 9.00. The molecule has 0 radical (unpaired) electrons. The van der Waals surface area contributed by atoms with Gasteiger partial charge >= 0.3 is 8.32 Å². The van der Waals surface area contributed by atoms with Crippen molar-refractivity contribution < 1.29 is 18.7 Å². The van der Waals surface area contributed by atoms with Gasteiger partial charge in [0.2, 0.25) is 0 Å². The predicted molar refractivity (Wildman–Crippen MR) is 162 cm³/mol. The van der Waals surface area contributed by atoms with Gasteiger partial charge < -0.3 is 19.2 Å². The van der Waals surface area contributed by atoms with Gasteiger partial charge in [-0.1, -0.05) is 84.9 Å². The third-order valence-electron chi connectivity index (χ3n) is 8.20. The second-order valence-electron chi connectivity index (χ2n) is 10.7. The molecule has 1 unspecified atom stereocenters. The maximum absolute atomic E-state index is 13.2. The predicted octanol–water partition coefficient (Wildman–Crippen LogP) is 5.59. The van der Waals surface area contributed by atoms with Crippen molar-refractivity contribution in [2.75, 3.05) is 26.7 Å². The fourth-order valence-electron chi connectivity index (χ4n) is 5.77. The van der Waals surface area contributed by atoms with Gasteiger partial charge in [0.1, 0.15) is 11.6 Å². The third-order valence-corrected chi connectivity index (χ3v) is 11.7. The molecule has 0 aliphatic carbocycles. The van der Waals surface area contributed by atoms with Gasteiger partial charge in [0.15, 0.2) is 5.75 Å². The zero-order chi connectivity index (χ0) is 28.0. The first kappa shape index (κ1) is 28.1. The molecule has 0 spiro atoms. The van der Waals surface area contributed by atoms with Crippen LogP contribution in [0.2, 0.25) is 6.55 Å². The molecule has 0 saturated carbocycles. The Morgan fingerprint density at radius 1 is 0.850 bits per heavy atom. The molecule has 0 aromatic heterocycles. The SMILES string of the molecule is COc1c(O[Si](C)(c2ccccc2)c2ccccc2)cccc1C(O)C1CCN(CCc2ccc(F)cc2)CC1. The molecule has 0 bridgehead atoms. The van der Waals surface area contributed by atoms with Crippen LogP contribution in [0.1, 0.15) is 30.1 Å². The molecule has 5 rings (SSSR count). The zero-order valence-electron chi connectivity index (χ0n) is 23.3. The summed E-state index contributed by atoms with van der Waals surface area (Å²) in [5.74, 6) is 1.21. The van der Waals surface area contributed by atoms with E-state index in [0.29, 0.717) is 11.5 Å². The van der Waals surface area contributed by atoms with E-state index in [-0.39, 0.29) is 11.7 Å². The number of para-hydroxylation sites is 1. The summed E-state index contributed by atoms with van der Waals surface area (Å²) >= 11 is 0. The van der Waals surface area contributed by atoms with Crippen molar-refractivity contribution in [1.82, 2.24) is 4.90 Å². The monoisotopic (exact) mass is 555 g/mol. The van der Waals surface area contributed by atoms with Crippen LogP contribution in [-0.2, 0) is 6.42 Å². The number of rotatable bonds is 10. The van der Waals surface area contributed by atoms with E-state index in [2.05, 4.69) is 60.0 Å². The Balaban J connectivity index is 1.31. The van der Waals surface area contributed by atoms with Gasteiger partial charge in [-0.2, -0.15) is 0 Å². The van der Waals surface area contributed by atoms with Crippen LogP contribution in [0.4, 0.5) is 4.39 Å². The first-order chi connectivity index (χ1) is 19.5. The van der Waals surface area contributed by atoms with Crippen molar-refractivity contribution in [3.05, 3.63) is 120 Å². The minimum absolute atomic E-state index is 0.137. The van der Waals surface area contributed by atoms with E-state index in [1.165, 1.54) is 22.5 Å². The lowest BCUT2D eigenvalue weighted by Gasteiger charge is -2.35. The second-order valence-corrected chi connectivity index (χ2v) is 14.2. The van der Waals surface area contributed by atoms with Crippen molar-refractivity contribution in [1.29, 1.82) is 0 Å². The van der Waals surface area contributed by atoms with E-state index >= 15 is 0 Å². The molecule has 6 heteroatoms. The molecule has 1 heterocycles. The van der Waals surface area contributed by atoms with Gasteiger partial charge in [-0.05, 0) is 79.0 Å². The van der Waals surface area contributed by atoms with E-state index in [4.69, 9.17) is 9.16 Å². The maximum atomic E-state index is 13.2. The normalized spacial score (nSPS) is 15.5. The number of halogens is 1. The topological polar surface area (TPSA) is 41.9 Å². The summed E-state index contributed by atoms with van der Waals surface area (Å²) in [7, 11) is -0.973. The van der Waals surface area contributed by atoms with Gasteiger partial charge in [0.25, 0.3) is 0 Å². The average molecular weight is 556 g/mol. The molecule has 1 atom stereocenters. The first-order valence-corrected chi connectivity index (χ1v) is 16.5. The number of methoxy groups -OCH3 is 1. The number of benzene rings is 4. The van der Waals surface area contributed by atoms with Gasteiger partial charge in [0, 0.05) is 12.1 Å². The van der Waals surface area contributed by atoms with Crippen LogP contribution in [-0.4, -0.2) is 45.1 Å². The Hall–Kier alpha value is -3.45. The lowest BCUT2D eigenvalue weighted by atomic mass is 9.87. The first-order valence-electron chi connectivity index (χ1n) is 14.1. The van der Waals surface area contributed by atoms with Crippen LogP contribution in [0.15, 0.2) is 103 Å². The molecule has 208 valence electrons. The van der Waals surface area contributed by atoms with Crippen LogP contribution in [0, 0.1) is 11.7 Å². The Morgan fingerprint density at radius 3 is 2.02 bits per heavy atom. The molecular formula is C34H38FNO3Si. The van der Waals surface area contributed by atoms with Crippen LogP contribution in [0.25, 0.3) is 0 Å². The smallest absolute Gasteiger partial charge is 0.311 e. The lowest BCUT2D eigenvalue weighted by Crippen LogP contribution is -2.60. The quantitative estimate of drug-likeness (QED) is 0.259. The number of piperidine rings is 1. The molecule has 1 N–H and O–H groups in total. The minimum Gasteiger partial charge on any atom is -0.532 e. The highest BCUT2D eigenvalue weighted by molar-refractivity contribution is 6.97. The van der Waals surface area contributed by atoms with Crippen molar-refractivity contribution in [2.45, 2.75) is 31.9 Å². The summed E-state index contributed by atoms with van der Waals surface area (Å²) < 4.78 is 26.1. The van der Waals surface area contributed by atoms with Crippen molar-refractivity contribution in [2.24, 2.45) is 5.92 Å². The lowest BCUT2D eigenvalue weighted by molar-refractivity contribution is 0.0573. The van der Waals surface area contributed by atoms with E-state index in [1.54, 1.807) is 7.11 Å². The fraction of sp³-hybridized carbons (Fsp3) is 0.294. The highest BCUT2D eigenvalue weighted by Gasteiger charge is 2.38. The molecule has 4 aromatic rings. The molecule has 1 aliphatic heterocycles. The van der Waals surface area contributed by atoms with E-state index in [0.717, 1.165) is 50.0 Å². The minimum atomic E-state index is -2.63. The molecule has 4 nitrogen and oxygen atoms in total. The van der Waals surface area contributed by atoms with Crippen LogP contribution >= 0.6 is 0 Å². The van der Waals surface area contributed by atoms with Crippen LogP contribution < -0.4 is 19.5 Å². The molecule has 1 saturated heterocycles. The zero-order valence-corrected chi connectivity index (χ0v) is 24.3. The summed E-state index contributed by atoms with van der Waals surface area (Å²) in [5.41, 5.74) is 1.92. The van der Waals surface area contributed by atoms with Gasteiger partial charge in [-0.15, -0.1) is 0 Å². The van der Waals surface area contributed by atoms with E-state index < -0.39 is 14.4 Å². The van der Waals surface area contributed by atoms with E-state index in [9.17, 15) is 9.50 Å². The van der Waals surface area contributed by atoms with E-state index in [1.807, 2.05) is 42.5 Å². The second kappa shape index (κ2) is 12.8. The van der Waals surface area contributed by atoms with Gasteiger partial charge in [-0.3, -0.25) is 0 Å². The van der Waals surface area contributed by atoms with Crippen LogP contribution in [0.3, 0.4) is 0 Å². The summed E-state index contributed by atoms with van der Waals surface area (Å²) in [4.78, 5) is 2.43. The molecular weight excluding hydrogens is 517 g/mol. The number of likely N-dealkylation sites (tertiary alicyclic amines) is 1. The molecule has 40 heavy (non-hydrogen) atoms. The van der Waals surface area contributed by atoms with Crippen molar-refractivity contribution in [3.63, 3.8) is 0 Å². The number of nitrogens with zero attached hydrogens (tertiary/aromatic N) is 1. The standard InChI is InChI=1S/C34H38FNO3Si/c1-38-34-31(33(37)27-21-24-36(25-22-27)23-20-26-16-18-28(35)19-17-26)14-9-15-32(34)39-40(2,29-10-5-3-6-11-29)30-12-7-4-8-13-30/h3-19,27,33,37H,20-25H2,1-2H3. The third kappa shape index (κ3) is 6.30. The molecule has 4 aromatic carbocycles. The largest absolute Gasteiger partial charge is 0.532 e. The number of hydrogen-bond acceptors (Lipinski definition) is 4. The summed E-state index contributed by atoms with van der Waals surface area (Å²) in [6.45, 7) is 4.99. The van der Waals surface area contributed by atoms with Gasteiger partial charge in [-0.25, -0.2) is 4.39 Å². The summed E-state index contributed by atoms with van der Waals surface area (Å²) in [6.07, 6.45) is 2.06. The van der Waals surface area contributed by atoms with Gasteiger partial charge in [0.05, 0.1) is 13.2 Å². The fourth-order valence-corrected chi connectivity index (χ4v) is 8.59. The Labute approximate surface area is 238 Å². The highest BCUT2D eigenvalue weighted by Crippen LogP contribution is 2.41. The maximum Gasteiger partial charge on any atom is 0.311 e. The van der Waals surface area contributed by atoms with Crippen molar-refractivity contribution in [3.8, 4) is 11.5 Å². The number of aliphatic hydroxyl groups is 1. The molecule has 0 amide bonds. The Morgan fingerprint density at radius 2 is 1.45 bits per heavy atom. The molecule has 1 aliphatic rings. The summed E-state index contributed by atoms with van der Waals surface area (Å²) in [6, 6.07) is 33.4. The number of aliphatic hydroxyl groups excluding tert-OH is 1. The average Bonchev–Trinajstić information content (AvgIpc) is 3.01.